The maximum absolute atomic E-state index is 12.1. The van der Waals surface area contributed by atoms with Gasteiger partial charge in [-0.15, -0.1) is 11.8 Å². The number of hydrogen-bond donors (Lipinski definition) is 0. The normalized spacial score (nSPS) is 11.0. The van der Waals surface area contributed by atoms with Crippen LogP contribution in [0.5, 0.6) is 5.75 Å². The van der Waals surface area contributed by atoms with Gasteiger partial charge in [-0.1, -0.05) is 0 Å². The Balaban J connectivity index is 2.59. The lowest BCUT2D eigenvalue weighted by Crippen LogP contribution is -2.36. The number of esters is 1. The number of rotatable bonds is 7. The summed E-state index contributed by atoms with van der Waals surface area (Å²) in [5.74, 6) is 0.391. The van der Waals surface area contributed by atoms with Crippen LogP contribution in [-0.4, -0.2) is 31.2 Å². The van der Waals surface area contributed by atoms with Crippen molar-refractivity contribution >= 4 is 23.5 Å². The molecular weight excluding hydrogens is 276 g/mol. The van der Waals surface area contributed by atoms with Crippen molar-refractivity contribution in [2.45, 2.75) is 25.7 Å². The zero-order valence-electron chi connectivity index (χ0n) is 12.3. The lowest BCUT2D eigenvalue weighted by Gasteiger charge is -2.20. The smallest absolute Gasteiger partial charge is 0.319 e. The van der Waals surface area contributed by atoms with E-state index in [1.165, 1.54) is 11.8 Å². The summed E-state index contributed by atoms with van der Waals surface area (Å²) in [6, 6.07) is 7.44. The van der Waals surface area contributed by atoms with Crippen LogP contribution in [0.15, 0.2) is 29.2 Å². The minimum absolute atomic E-state index is 0.142. The lowest BCUT2D eigenvalue weighted by atomic mass is 9.89. The molecular formula is C15H20O4S. The molecule has 1 rings (SSSR count). The van der Waals surface area contributed by atoms with Gasteiger partial charge >= 0.3 is 5.97 Å². The van der Waals surface area contributed by atoms with Crippen LogP contribution in [0.4, 0.5) is 0 Å². The van der Waals surface area contributed by atoms with E-state index >= 15 is 0 Å². The Morgan fingerprint density at radius 3 is 2.30 bits per heavy atom. The summed E-state index contributed by atoms with van der Waals surface area (Å²) >= 11 is 1.40. The fourth-order valence-corrected chi connectivity index (χ4v) is 2.41. The van der Waals surface area contributed by atoms with Gasteiger partial charge in [-0.3, -0.25) is 9.59 Å². The third-order valence-corrected chi connectivity index (χ3v) is 3.92. The van der Waals surface area contributed by atoms with Gasteiger partial charge in [0.15, 0.2) is 5.78 Å². The molecule has 0 spiro atoms. The number of carbonyl (C=O) groups excluding carboxylic acids is 2. The van der Waals surface area contributed by atoms with Crippen LogP contribution in [0, 0.1) is 5.41 Å². The third-order valence-electron chi connectivity index (χ3n) is 2.91. The number of hydrogen-bond acceptors (Lipinski definition) is 5. The van der Waals surface area contributed by atoms with E-state index in [-0.39, 0.29) is 18.1 Å². The second-order valence-corrected chi connectivity index (χ2v) is 5.78. The maximum Gasteiger partial charge on any atom is 0.319 e. The van der Waals surface area contributed by atoms with E-state index in [9.17, 15) is 9.59 Å². The van der Waals surface area contributed by atoms with E-state index in [1.54, 1.807) is 27.9 Å². The van der Waals surface area contributed by atoms with E-state index < -0.39 is 11.4 Å². The van der Waals surface area contributed by atoms with Crippen LogP contribution in [0.25, 0.3) is 0 Å². The lowest BCUT2D eigenvalue weighted by molar-refractivity contribution is -0.157. The van der Waals surface area contributed by atoms with Gasteiger partial charge in [-0.05, 0) is 45.0 Å². The van der Waals surface area contributed by atoms with Crippen molar-refractivity contribution in [2.24, 2.45) is 5.41 Å². The standard InChI is InChI=1S/C15H20O4S/c1-5-19-14(17)15(2,3)13(16)10-20-12-8-6-11(18-4)7-9-12/h6-9H,5,10H2,1-4H3. The van der Waals surface area contributed by atoms with Gasteiger partial charge in [-0.2, -0.15) is 0 Å². The highest BCUT2D eigenvalue weighted by molar-refractivity contribution is 8.00. The van der Waals surface area contributed by atoms with Crippen molar-refractivity contribution < 1.29 is 19.1 Å². The fourth-order valence-electron chi connectivity index (χ4n) is 1.43. The Morgan fingerprint density at radius 2 is 1.80 bits per heavy atom. The Morgan fingerprint density at radius 1 is 1.20 bits per heavy atom. The molecule has 0 fully saturated rings. The number of ketones is 1. The first-order valence-electron chi connectivity index (χ1n) is 6.39. The van der Waals surface area contributed by atoms with E-state index in [0.717, 1.165) is 10.6 Å². The molecule has 0 amide bonds. The first-order chi connectivity index (χ1) is 9.41. The molecule has 1 aromatic carbocycles. The predicted molar refractivity (Wildman–Crippen MR) is 79.1 cm³/mol. The number of benzene rings is 1. The molecule has 4 nitrogen and oxygen atoms in total. The molecule has 0 saturated carbocycles. The van der Waals surface area contributed by atoms with Gasteiger partial charge in [0.2, 0.25) is 0 Å². The van der Waals surface area contributed by atoms with Crippen molar-refractivity contribution in [1.29, 1.82) is 0 Å². The topological polar surface area (TPSA) is 52.6 Å². The van der Waals surface area contributed by atoms with Gasteiger partial charge in [0.05, 0.1) is 19.5 Å². The molecule has 0 aliphatic heterocycles. The molecule has 5 heteroatoms. The summed E-state index contributed by atoms with van der Waals surface area (Å²) in [4.78, 5) is 24.8. The summed E-state index contributed by atoms with van der Waals surface area (Å²) in [7, 11) is 1.60. The number of thioether (sulfide) groups is 1. The van der Waals surface area contributed by atoms with Crippen LogP contribution < -0.4 is 4.74 Å². The van der Waals surface area contributed by atoms with E-state index in [0.29, 0.717) is 0 Å². The summed E-state index contributed by atoms with van der Waals surface area (Å²) in [6.45, 7) is 5.20. The molecule has 20 heavy (non-hydrogen) atoms. The van der Waals surface area contributed by atoms with Crippen LogP contribution in [-0.2, 0) is 14.3 Å². The molecule has 0 unspecified atom stereocenters. The van der Waals surface area contributed by atoms with E-state index in [1.807, 2.05) is 24.3 Å². The number of Topliss-reactive ketones (excluding diaryl/α,β-unsaturated/α-hetero) is 1. The van der Waals surface area contributed by atoms with Crippen molar-refractivity contribution in [3.63, 3.8) is 0 Å². The second kappa shape index (κ2) is 7.33. The van der Waals surface area contributed by atoms with Crippen molar-refractivity contribution in [3.05, 3.63) is 24.3 Å². The minimum atomic E-state index is -1.10. The van der Waals surface area contributed by atoms with Crippen molar-refractivity contribution in [3.8, 4) is 5.75 Å². The van der Waals surface area contributed by atoms with Gasteiger partial charge in [-0.25, -0.2) is 0 Å². The number of carbonyl (C=O) groups is 2. The molecule has 0 N–H and O–H groups in total. The molecule has 0 aliphatic carbocycles. The highest BCUT2D eigenvalue weighted by atomic mass is 32.2. The Bertz CT molecular complexity index is 465. The third kappa shape index (κ3) is 4.27. The van der Waals surface area contributed by atoms with Gasteiger partial charge in [0.1, 0.15) is 11.2 Å². The summed E-state index contributed by atoms with van der Waals surface area (Å²) in [6.07, 6.45) is 0. The first kappa shape index (κ1) is 16.6. The van der Waals surface area contributed by atoms with Crippen LogP contribution in [0.3, 0.4) is 0 Å². The largest absolute Gasteiger partial charge is 0.497 e. The minimum Gasteiger partial charge on any atom is -0.497 e. The highest BCUT2D eigenvalue weighted by Gasteiger charge is 2.36. The maximum atomic E-state index is 12.1. The number of methoxy groups -OCH3 is 1. The first-order valence-corrected chi connectivity index (χ1v) is 7.37. The molecule has 0 bridgehead atoms. The van der Waals surface area contributed by atoms with Crippen molar-refractivity contribution in [2.75, 3.05) is 19.5 Å². The average molecular weight is 296 g/mol. The average Bonchev–Trinajstić information content (AvgIpc) is 2.45. The molecule has 0 aromatic heterocycles. The molecule has 1 aromatic rings. The summed E-state index contributed by atoms with van der Waals surface area (Å²) in [5.41, 5.74) is -1.10. The van der Waals surface area contributed by atoms with Crippen LogP contribution in [0.2, 0.25) is 0 Å². The molecule has 0 heterocycles. The summed E-state index contributed by atoms with van der Waals surface area (Å²) < 4.78 is 9.99. The Hall–Kier alpha value is -1.49. The Kier molecular flexibility index (Phi) is 6.07. The molecule has 0 atom stereocenters. The molecule has 0 saturated heterocycles. The van der Waals surface area contributed by atoms with E-state index in [4.69, 9.17) is 9.47 Å². The molecule has 0 radical (unpaired) electrons. The van der Waals surface area contributed by atoms with Crippen molar-refractivity contribution in [1.82, 2.24) is 0 Å². The van der Waals surface area contributed by atoms with Crippen LogP contribution in [0.1, 0.15) is 20.8 Å². The van der Waals surface area contributed by atoms with Crippen LogP contribution >= 0.6 is 11.8 Å². The molecule has 0 aliphatic rings. The Labute approximate surface area is 123 Å². The quantitative estimate of drug-likeness (QED) is 0.440. The fraction of sp³-hybridized carbons (Fsp3) is 0.467. The number of ether oxygens (including phenoxy) is 2. The van der Waals surface area contributed by atoms with Gasteiger partial charge in [0, 0.05) is 4.90 Å². The second-order valence-electron chi connectivity index (χ2n) is 4.73. The monoisotopic (exact) mass is 296 g/mol. The van der Waals surface area contributed by atoms with Gasteiger partial charge < -0.3 is 9.47 Å². The highest BCUT2D eigenvalue weighted by Crippen LogP contribution is 2.26. The SMILES string of the molecule is CCOC(=O)C(C)(C)C(=O)CSc1ccc(OC)cc1. The zero-order valence-corrected chi connectivity index (χ0v) is 13.1. The predicted octanol–water partition coefficient (Wildman–Crippen LogP) is 2.95. The zero-order chi connectivity index (χ0) is 15.2. The van der Waals surface area contributed by atoms with Gasteiger partial charge in [0.25, 0.3) is 0 Å². The molecule has 110 valence electrons. The van der Waals surface area contributed by atoms with E-state index in [2.05, 4.69) is 0 Å². The summed E-state index contributed by atoms with van der Waals surface area (Å²) in [5, 5.41) is 0.